The van der Waals surface area contributed by atoms with E-state index in [0.29, 0.717) is 21.4 Å². The van der Waals surface area contributed by atoms with Gasteiger partial charge in [-0.3, -0.25) is 9.59 Å². The van der Waals surface area contributed by atoms with Crippen LogP contribution in [0.5, 0.6) is 0 Å². The number of halogens is 1. The summed E-state index contributed by atoms with van der Waals surface area (Å²) >= 11 is 7.44. The first kappa shape index (κ1) is 17.4. The van der Waals surface area contributed by atoms with Crippen molar-refractivity contribution in [2.75, 3.05) is 10.6 Å². The van der Waals surface area contributed by atoms with Gasteiger partial charge in [-0.1, -0.05) is 22.9 Å². The first-order valence-electron chi connectivity index (χ1n) is 7.50. The third-order valence-electron chi connectivity index (χ3n) is 3.33. The lowest BCUT2D eigenvalue weighted by Crippen LogP contribution is -2.17. The van der Waals surface area contributed by atoms with Crippen LogP contribution >= 0.6 is 22.9 Å². The van der Waals surface area contributed by atoms with E-state index in [0.717, 1.165) is 16.2 Å². The topological polar surface area (TPSA) is 97.1 Å². The summed E-state index contributed by atoms with van der Waals surface area (Å²) in [4.78, 5) is 23.9. The third-order valence-corrected chi connectivity index (χ3v) is 4.36. The van der Waals surface area contributed by atoms with E-state index < -0.39 is 0 Å². The fourth-order valence-corrected chi connectivity index (χ4v) is 3.16. The molecule has 2 heterocycles. The molecule has 25 heavy (non-hydrogen) atoms. The van der Waals surface area contributed by atoms with Crippen LogP contribution in [0.1, 0.15) is 23.6 Å². The molecule has 2 amide bonds. The van der Waals surface area contributed by atoms with Gasteiger partial charge in [-0.15, -0.1) is 10.2 Å². The highest BCUT2D eigenvalue weighted by Crippen LogP contribution is 2.30. The number of furan rings is 1. The summed E-state index contributed by atoms with van der Waals surface area (Å²) in [7, 11) is 0. The second-order valence-electron chi connectivity index (χ2n) is 5.46. The fraction of sp³-hybridized carbons (Fsp3) is 0.250. The molecule has 0 spiro atoms. The molecule has 0 aliphatic rings. The highest BCUT2D eigenvalue weighted by molar-refractivity contribution is 7.15. The van der Waals surface area contributed by atoms with Crippen LogP contribution in [0.2, 0.25) is 5.02 Å². The van der Waals surface area contributed by atoms with Crippen molar-refractivity contribution >= 4 is 56.5 Å². The summed E-state index contributed by atoms with van der Waals surface area (Å²) in [6.07, 6.45) is 0.0922. The van der Waals surface area contributed by atoms with Gasteiger partial charge in [0.1, 0.15) is 10.8 Å². The van der Waals surface area contributed by atoms with Crippen molar-refractivity contribution in [1.82, 2.24) is 10.2 Å². The first-order valence-corrected chi connectivity index (χ1v) is 8.69. The number of amides is 2. The summed E-state index contributed by atoms with van der Waals surface area (Å²) in [5, 5.41) is 15.4. The Kier molecular flexibility index (Phi) is 5.00. The Hall–Kier alpha value is -2.45. The van der Waals surface area contributed by atoms with Crippen LogP contribution < -0.4 is 10.6 Å². The van der Waals surface area contributed by atoms with Gasteiger partial charge >= 0.3 is 0 Å². The van der Waals surface area contributed by atoms with Crippen LogP contribution in [0.3, 0.4) is 0 Å². The van der Waals surface area contributed by atoms with Crippen molar-refractivity contribution in [1.29, 1.82) is 0 Å². The average molecular weight is 379 g/mol. The third kappa shape index (κ3) is 4.34. The fourth-order valence-electron chi connectivity index (χ4n) is 2.29. The van der Waals surface area contributed by atoms with E-state index in [1.165, 1.54) is 11.3 Å². The summed E-state index contributed by atoms with van der Waals surface area (Å²) in [6.45, 7) is 3.62. The second kappa shape index (κ2) is 7.20. The molecule has 3 aromatic rings. The molecule has 0 radical (unpaired) electrons. The second-order valence-corrected chi connectivity index (χ2v) is 7.04. The normalized spacial score (nSPS) is 10.8. The number of aryl methyl sites for hydroxylation is 2. The molecule has 0 aliphatic heterocycles. The highest BCUT2D eigenvalue weighted by atomic mass is 35.5. The van der Waals surface area contributed by atoms with Crippen LogP contribution in [-0.4, -0.2) is 22.0 Å². The lowest BCUT2D eigenvalue weighted by molar-refractivity contribution is -0.121. The highest BCUT2D eigenvalue weighted by Gasteiger charge is 2.12. The number of hydrogen-bond donors (Lipinski definition) is 2. The minimum absolute atomic E-state index is 0.0453. The minimum atomic E-state index is -0.287. The van der Waals surface area contributed by atoms with E-state index in [4.69, 9.17) is 16.0 Å². The average Bonchev–Trinajstić information content (AvgIpc) is 3.10. The number of nitrogens with one attached hydrogen (secondary N) is 2. The van der Waals surface area contributed by atoms with Gasteiger partial charge in [0.2, 0.25) is 16.9 Å². The Labute approximate surface area is 152 Å². The quantitative estimate of drug-likeness (QED) is 0.701. The predicted octanol–water partition coefficient (Wildman–Crippen LogP) is 3.91. The number of carbonyl (C=O) groups is 2. The maximum atomic E-state index is 12.0. The first-order chi connectivity index (χ1) is 11.9. The van der Waals surface area contributed by atoms with Crippen molar-refractivity contribution in [3.8, 4) is 0 Å². The molecule has 7 nitrogen and oxygen atoms in total. The largest absolute Gasteiger partial charge is 0.460 e. The van der Waals surface area contributed by atoms with Gasteiger partial charge in [-0.2, -0.15) is 0 Å². The van der Waals surface area contributed by atoms with Gasteiger partial charge in [0.15, 0.2) is 5.58 Å². The van der Waals surface area contributed by atoms with Crippen LogP contribution in [0.15, 0.2) is 22.6 Å². The molecule has 2 N–H and O–H groups in total. The number of carbonyl (C=O) groups excluding carboxylic acids is 2. The monoisotopic (exact) mass is 378 g/mol. The molecule has 0 saturated carbocycles. The number of rotatable bonds is 5. The molecule has 0 aliphatic carbocycles. The Morgan fingerprint density at radius 3 is 2.52 bits per heavy atom. The Balaban J connectivity index is 1.56. The van der Waals surface area contributed by atoms with Gasteiger partial charge in [0, 0.05) is 23.9 Å². The van der Waals surface area contributed by atoms with Gasteiger partial charge in [-0.05, 0) is 32.0 Å². The number of fused-ring (bicyclic) bond motifs is 1. The van der Waals surface area contributed by atoms with Crippen LogP contribution in [0.25, 0.3) is 11.0 Å². The van der Waals surface area contributed by atoms with E-state index in [-0.39, 0.29) is 24.7 Å². The van der Waals surface area contributed by atoms with Crippen LogP contribution in [-0.2, 0) is 9.59 Å². The molecular formula is C16H15ClN4O3S. The van der Waals surface area contributed by atoms with Gasteiger partial charge in [-0.25, -0.2) is 0 Å². The Morgan fingerprint density at radius 2 is 1.84 bits per heavy atom. The zero-order chi connectivity index (χ0) is 18.0. The summed E-state index contributed by atoms with van der Waals surface area (Å²) in [5.74, 6) is 0.174. The molecule has 2 aromatic heterocycles. The van der Waals surface area contributed by atoms with E-state index in [1.54, 1.807) is 19.1 Å². The van der Waals surface area contributed by atoms with E-state index >= 15 is 0 Å². The molecule has 0 saturated heterocycles. The molecule has 0 fully saturated rings. The molecule has 0 atom stereocenters. The maximum Gasteiger partial charge on any atom is 0.226 e. The molecule has 0 bridgehead atoms. The SMILES string of the molecule is Cc1cc2cc(NC(=O)CCC(=O)Nc3nnc(C)s3)cc(Cl)c2o1. The van der Waals surface area contributed by atoms with E-state index in [9.17, 15) is 9.59 Å². The van der Waals surface area contributed by atoms with Crippen molar-refractivity contribution in [3.05, 3.63) is 34.0 Å². The van der Waals surface area contributed by atoms with E-state index in [2.05, 4.69) is 20.8 Å². The van der Waals surface area contributed by atoms with Crippen molar-refractivity contribution in [3.63, 3.8) is 0 Å². The van der Waals surface area contributed by atoms with Crippen molar-refractivity contribution < 1.29 is 14.0 Å². The molecular weight excluding hydrogens is 364 g/mol. The van der Waals surface area contributed by atoms with Gasteiger partial charge in [0.05, 0.1) is 5.02 Å². The smallest absolute Gasteiger partial charge is 0.226 e. The zero-order valence-corrected chi connectivity index (χ0v) is 15.1. The molecule has 3 rings (SSSR count). The number of nitrogens with zero attached hydrogens (tertiary/aromatic N) is 2. The maximum absolute atomic E-state index is 12.0. The molecule has 0 unspecified atom stereocenters. The van der Waals surface area contributed by atoms with Gasteiger partial charge < -0.3 is 15.1 Å². The summed E-state index contributed by atoms with van der Waals surface area (Å²) < 4.78 is 5.49. The van der Waals surface area contributed by atoms with Gasteiger partial charge in [0.25, 0.3) is 0 Å². The van der Waals surface area contributed by atoms with E-state index in [1.807, 2.05) is 13.0 Å². The lowest BCUT2D eigenvalue weighted by Gasteiger charge is -2.06. The van der Waals surface area contributed by atoms with Crippen LogP contribution in [0.4, 0.5) is 10.8 Å². The Morgan fingerprint density at radius 1 is 1.12 bits per heavy atom. The van der Waals surface area contributed by atoms with Crippen molar-refractivity contribution in [2.45, 2.75) is 26.7 Å². The van der Waals surface area contributed by atoms with Crippen molar-refractivity contribution in [2.24, 2.45) is 0 Å². The Bertz CT molecular complexity index is 950. The number of benzene rings is 1. The zero-order valence-electron chi connectivity index (χ0n) is 13.6. The number of anilines is 2. The minimum Gasteiger partial charge on any atom is -0.460 e. The molecule has 130 valence electrons. The molecule has 9 heteroatoms. The molecule has 1 aromatic carbocycles. The number of hydrogen-bond acceptors (Lipinski definition) is 6. The predicted molar refractivity (Wildman–Crippen MR) is 97.1 cm³/mol. The summed E-state index contributed by atoms with van der Waals surface area (Å²) in [6, 6.07) is 5.24. The summed E-state index contributed by atoms with van der Waals surface area (Å²) in [5.41, 5.74) is 1.15. The standard InChI is InChI=1S/C16H15ClN4O3S/c1-8-5-10-6-11(7-12(17)15(10)24-8)18-13(22)3-4-14(23)19-16-21-20-9(2)25-16/h5-7H,3-4H2,1-2H3,(H,18,22)(H,19,21,23). The van der Waals surface area contributed by atoms with Crippen LogP contribution in [0, 0.1) is 13.8 Å². The number of aromatic nitrogens is 2. The lowest BCUT2D eigenvalue weighted by atomic mass is 10.2.